The number of carbonyl (C=O) groups excluding carboxylic acids is 3. The van der Waals surface area contributed by atoms with Crippen LogP contribution in [0.1, 0.15) is 31.9 Å². The predicted molar refractivity (Wildman–Crippen MR) is 118 cm³/mol. The van der Waals surface area contributed by atoms with Crippen molar-refractivity contribution < 1.29 is 24.2 Å². The lowest BCUT2D eigenvalue weighted by Crippen LogP contribution is -2.27. The molecule has 33 heavy (non-hydrogen) atoms. The zero-order valence-corrected chi connectivity index (χ0v) is 17.3. The van der Waals surface area contributed by atoms with Crippen molar-refractivity contribution in [1.82, 2.24) is 19.5 Å². The second kappa shape index (κ2) is 9.79. The average molecular weight is 445 g/mol. The predicted octanol–water partition coefficient (Wildman–Crippen LogP) is 2.33. The van der Waals surface area contributed by atoms with Crippen LogP contribution in [-0.2, 0) is 4.74 Å². The molecule has 0 aliphatic rings. The minimum Gasteiger partial charge on any atom is -0.456 e. The van der Waals surface area contributed by atoms with Crippen molar-refractivity contribution in [3.8, 4) is 0 Å². The van der Waals surface area contributed by atoms with Gasteiger partial charge in [-0.05, 0) is 24.3 Å². The van der Waals surface area contributed by atoms with E-state index in [9.17, 15) is 19.5 Å². The molecule has 2 aromatic heterocycles. The number of rotatable bonds is 7. The van der Waals surface area contributed by atoms with Gasteiger partial charge in [0, 0.05) is 5.56 Å². The molecular formula is C23H19N5O5. The van der Waals surface area contributed by atoms with Gasteiger partial charge in [0.25, 0.3) is 5.91 Å². The second-order valence-electron chi connectivity index (χ2n) is 7.00. The third-order valence-electron chi connectivity index (χ3n) is 4.76. The number of hydrogen-bond donors (Lipinski definition) is 2. The standard InChI is InChI=1S/C23H19N5O5/c29-12-17(33-23(32)16-9-5-2-6-10-16)11-18(30)28-14-26-19-20(24-13-25-21(19)28)27-22(31)15-7-3-1-4-8-15/h1-10,13-14,17,29H,11-12H2,(H,24,25,27,31)/t17-/m1/s1. The number of amides is 1. The Kier molecular flexibility index (Phi) is 6.46. The first-order valence-corrected chi connectivity index (χ1v) is 10.0. The van der Waals surface area contributed by atoms with Crippen LogP contribution in [0.5, 0.6) is 0 Å². The first-order valence-electron chi connectivity index (χ1n) is 10.0. The van der Waals surface area contributed by atoms with E-state index in [-0.39, 0.29) is 29.3 Å². The van der Waals surface area contributed by atoms with E-state index in [0.717, 1.165) is 4.57 Å². The van der Waals surface area contributed by atoms with Gasteiger partial charge in [-0.15, -0.1) is 0 Å². The van der Waals surface area contributed by atoms with Crippen LogP contribution in [-0.4, -0.2) is 55.1 Å². The van der Waals surface area contributed by atoms with Gasteiger partial charge < -0.3 is 15.2 Å². The van der Waals surface area contributed by atoms with E-state index in [4.69, 9.17) is 4.74 Å². The maximum Gasteiger partial charge on any atom is 0.338 e. The summed E-state index contributed by atoms with van der Waals surface area (Å²) >= 11 is 0. The van der Waals surface area contributed by atoms with Crippen molar-refractivity contribution in [2.75, 3.05) is 11.9 Å². The molecule has 1 atom stereocenters. The minimum atomic E-state index is -1.05. The molecule has 2 aromatic carbocycles. The molecule has 0 aliphatic carbocycles. The van der Waals surface area contributed by atoms with E-state index in [1.165, 1.54) is 12.7 Å². The van der Waals surface area contributed by atoms with Crippen LogP contribution in [0.4, 0.5) is 5.82 Å². The quantitative estimate of drug-likeness (QED) is 0.414. The SMILES string of the molecule is O=C(Nc1ncnc2c1ncn2C(=O)C[C@H](CO)OC(=O)c1ccccc1)c1ccccc1. The lowest BCUT2D eigenvalue weighted by Gasteiger charge is -2.15. The zero-order valence-electron chi connectivity index (χ0n) is 17.3. The fourth-order valence-corrected chi connectivity index (χ4v) is 3.11. The zero-order chi connectivity index (χ0) is 23.2. The molecule has 0 bridgehead atoms. The summed E-state index contributed by atoms with van der Waals surface area (Å²) < 4.78 is 6.42. The van der Waals surface area contributed by atoms with Crippen LogP contribution in [0.25, 0.3) is 11.2 Å². The van der Waals surface area contributed by atoms with Gasteiger partial charge in [-0.3, -0.25) is 14.2 Å². The molecule has 4 rings (SSSR count). The number of carbonyl (C=O) groups is 3. The first-order chi connectivity index (χ1) is 16.1. The van der Waals surface area contributed by atoms with Gasteiger partial charge in [-0.25, -0.2) is 19.7 Å². The van der Waals surface area contributed by atoms with Gasteiger partial charge in [0.2, 0.25) is 5.91 Å². The number of esters is 1. The number of imidazole rings is 1. The molecule has 0 fully saturated rings. The summed E-state index contributed by atoms with van der Waals surface area (Å²) in [5, 5.41) is 12.3. The third kappa shape index (κ3) is 4.91. The lowest BCUT2D eigenvalue weighted by molar-refractivity contribution is 0.0115. The molecule has 2 heterocycles. The number of aliphatic hydroxyl groups is 1. The Morgan fingerprint density at radius 2 is 1.61 bits per heavy atom. The second-order valence-corrected chi connectivity index (χ2v) is 7.00. The number of nitrogens with zero attached hydrogens (tertiary/aromatic N) is 4. The summed E-state index contributed by atoms with van der Waals surface area (Å²) in [5.74, 6) is -1.39. The van der Waals surface area contributed by atoms with Crippen molar-refractivity contribution in [2.45, 2.75) is 12.5 Å². The summed E-state index contributed by atoms with van der Waals surface area (Å²) in [6.45, 7) is -0.537. The van der Waals surface area contributed by atoms with Crippen molar-refractivity contribution in [2.24, 2.45) is 0 Å². The van der Waals surface area contributed by atoms with E-state index in [1.807, 2.05) is 0 Å². The lowest BCUT2D eigenvalue weighted by atomic mass is 10.2. The molecule has 0 spiro atoms. The number of anilines is 1. The monoisotopic (exact) mass is 445 g/mol. The maximum absolute atomic E-state index is 12.8. The Bertz CT molecular complexity index is 1290. The molecule has 4 aromatic rings. The van der Waals surface area contributed by atoms with Crippen molar-refractivity contribution in [3.63, 3.8) is 0 Å². The number of aliphatic hydroxyl groups excluding tert-OH is 1. The van der Waals surface area contributed by atoms with Crippen LogP contribution in [0.2, 0.25) is 0 Å². The van der Waals surface area contributed by atoms with E-state index in [0.29, 0.717) is 11.1 Å². The molecule has 0 saturated heterocycles. The van der Waals surface area contributed by atoms with Gasteiger partial charge in [-0.1, -0.05) is 36.4 Å². The number of nitrogens with one attached hydrogen (secondary N) is 1. The highest BCUT2D eigenvalue weighted by Gasteiger charge is 2.22. The van der Waals surface area contributed by atoms with Crippen molar-refractivity contribution >= 4 is 34.8 Å². The Balaban J connectivity index is 1.50. The highest BCUT2D eigenvalue weighted by Crippen LogP contribution is 2.19. The maximum atomic E-state index is 12.8. The van der Waals surface area contributed by atoms with Gasteiger partial charge in [0.1, 0.15) is 18.8 Å². The number of hydrogen-bond acceptors (Lipinski definition) is 8. The average Bonchev–Trinajstić information content (AvgIpc) is 3.30. The Morgan fingerprint density at radius 1 is 0.939 bits per heavy atom. The molecule has 10 nitrogen and oxygen atoms in total. The summed E-state index contributed by atoms with van der Waals surface area (Å²) in [6.07, 6.45) is 1.10. The third-order valence-corrected chi connectivity index (χ3v) is 4.76. The van der Waals surface area contributed by atoms with Crippen molar-refractivity contribution in [3.05, 3.63) is 84.4 Å². The van der Waals surface area contributed by atoms with E-state index in [1.54, 1.807) is 60.7 Å². The van der Waals surface area contributed by atoms with Gasteiger partial charge in [0.15, 0.2) is 17.0 Å². The largest absolute Gasteiger partial charge is 0.456 e. The Labute approximate surface area is 187 Å². The highest BCUT2D eigenvalue weighted by atomic mass is 16.6. The molecule has 0 aliphatic heterocycles. The summed E-state index contributed by atoms with van der Waals surface area (Å²) in [4.78, 5) is 49.8. The smallest absolute Gasteiger partial charge is 0.338 e. The first kappa shape index (κ1) is 21.8. The fourth-order valence-electron chi connectivity index (χ4n) is 3.11. The molecule has 0 saturated carbocycles. The summed E-state index contributed by atoms with van der Waals surface area (Å²) in [5.41, 5.74) is 1.13. The highest BCUT2D eigenvalue weighted by molar-refractivity contribution is 6.07. The summed E-state index contributed by atoms with van der Waals surface area (Å²) in [7, 11) is 0. The molecule has 0 unspecified atom stereocenters. The van der Waals surface area contributed by atoms with Crippen LogP contribution < -0.4 is 5.32 Å². The Hall–Kier alpha value is -4.44. The van der Waals surface area contributed by atoms with E-state index >= 15 is 0 Å². The number of ether oxygens (including phenoxy) is 1. The van der Waals surface area contributed by atoms with E-state index < -0.39 is 24.6 Å². The number of fused-ring (bicyclic) bond motifs is 1. The van der Waals surface area contributed by atoms with Crippen LogP contribution >= 0.6 is 0 Å². The van der Waals surface area contributed by atoms with Gasteiger partial charge in [-0.2, -0.15) is 0 Å². The topological polar surface area (TPSA) is 136 Å². The van der Waals surface area contributed by atoms with Crippen molar-refractivity contribution in [1.29, 1.82) is 0 Å². The van der Waals surface area contributed by atoms with Gasteiger partial charge >= 0.3 is 5.97 Å². The molecular weight excluding hydrogens is 426 g/mol. The molecule has 2 N–H and O–H groups in total. The molecule has 166 valence electrons. The fraction of sp³-hybridized carbons (Fsp3) is 0.130. The molecule has 1 amide bonds. The molecule has 10 heteroatoms. The van der Waals surface area contributed by atoms with Crippen LogP contribution in [0, 0.1) is 0 Å². The van der Waals surface area contributed by atoms with E-state index in [2.05, 4.69) is 20.3 Å². The number of benzene rings is 2. The molecule has 0 radical (unpaired) electrons. The van der Waals surface area contributed by atoms with Crippen LogP contribution in [0.3, 0.4) is 0 Å². The summed E-state index contributed by atoms with van der Waals surface area (Å²) in [6, 6.07) is 16.8. The van der Waals surface area contributed by atoms with Gasteiger partial charge in [0.05, 0.1) is 18.6 Å². The Morgan fingerprint density at radius 3 is 2.27 bits per heavy atom. The minimum absolute atomic E-state index is 0.148. The van der Waals surface area contributed by atoms with Crippen LogP contribution in [0.15, 0.2) is 73.3 Å². The normalized spacial score (nSPS) is 11.7. The number of aromatic nitrogens is 4.